The summed E-state index contributed by atoms with van der Waals surface area (Å²) >= 11 is 0. The van der Waals surface area contributed by atoms with Crippen molar-refractivity contribution in [3.05, 3.63) is 29.6 Å². The topological polar surface area (TPSA) is 48.7 Å². The first-order valence-electron chi connectivity index (χ1n) is 5.47. The number of hydrogen-bond donors (Lipinski definition) is 1. The number of aromatic nitrogens is 1. The van der Waals surface area contributed by atoms with Crippen LogP contribution in [0.15, 0.2) is 18.3 Å². The third-order valence-corrected chi connectivity index (χ3v) is 2.95. The molecule has 0 aromatic carbocycles. The number of nitriles is 1. The van der Waals surface area contributed by atoms with Gasteiger partial charge in [0.15, 0.2) is 0 Å². The second-order valence-corrected chi connectivity index (χ2v) is 4.23. The normalized spacial score (nSPS) is 17.9. The first kappa shape index (κ1) is 13.9. The number of piperidine rings is 1. The lowest BCUT2D eigenvalue weighted by atomic mass is 9.89. The van der Waals surface area contributed by atoms with Crippen molar-refractivity contribution < 1.29 is 4.39 Å². The van der Waals surface area contributed by atoms with E-state index in [2.05, 4.69) is 10.3 Å². The van der Waals surface area contributed by atoms with E-state index in [1.807, 2.05) is 6.07 Å². The molecule has 92 valence electrons. The molecular weight excluding hydrogens is 241 g/mol. The Bertz CT molecular complexity index is 393. The fraction of sp³-hybridized carbons (Fsp3) is 0.500. The number of hydrogen-bond acceptors (Lipinski definition) is 3. The average molecular weight is 256 g/mol. The number of nitrogens with one attached hydrogen (secondary N) is 1. The molecule has 2 heterocycles. The molecule has 0 unspecified atom stereocenters. The van der Waals surface area contributed by atoms with Gasteiger partial charge >= 0.3 is 0 Å². The Morgan fingerprint density at radius 1 is 1.41 bits per heavy atom. The van der Waals surface area contributed by atoms with Crippen LogP contribution in [0.2, 0.25) is 0 Å². The van der Waals surface area contributed by atoms with Crippen LogP contribution in [0.1, 0.15) is 24.1 Å². The molecule has 5 heteroatoms. The van der Waals surface area contributed by atoms with Crippen molar-refractivity contribution >= 4 is 12.4 Å². The molecule has 0 aliphatic carbocycles. The van der Waals surface area contributed by atoms with Crippen molar-refractivity contribution in [1.29, 1.82) is 5.26 Å². The summed E-state index contributed by atoms with van der Waals surface area (Å²) in [7, 11) is 0. The fourth-order valence-corrected chi connectivity index (χ4v) is 1.97. The SMILES string of the molecule is Cl.N#Cc1ccc(CC2(F)CCNCC2)nc1. The van der Waals surface area contributed by atoms with Crippen LogP contribution in [0.4, 0.5) is 4.39 Å². The van der Waals surface area contributed by atoms with Gasteiger partial charge in [-0.15, -0.1) is 12.4 Å². The zero-order valence-electron chi connectivity index (χ0n) is 9.45. The molecule has 17 heavy (non-hydrogen) atoms. The predicted molar refractivity (Wildman–Crippen MR) is 65.8 cm³/mol. The standard InChI is InChI=1S/C12H14FN3.ClH/c13-12(3-5-15-6-4-12)7-11-2-1-10(8-14)9-16-11;/h1-2,9,15H,3-7H2;1H. The maximum atomic E-state index is 14.3. The highest BCUT2D eigenvalue weighted by Crippen LogP contribution is 2.26. The Labute approximate surface area is 106 Å². The van der Waals surface area contributed by atoms with E-state index in [4.69, 9.17) is 5.26 Å². The molecule has 1 fully saturated rings. The van der Waals surface area contributed by atoms with Gasteiger partial charge in [0, 0.05) is 18.3 Å². The highest BCUT2D eigenvalue weighted by Gasteiger charge is 2.32. The van der Waals surface area contributed by atoms with Crippen molar-refractivity contribution in [2.24, 2.45) is 0 Å². The van der Waals surface area contributed by atoms with Gasteiger partial charge in [0.05, 0.1) is 5.56 Å². The van der Waals surface area contributed by atoms with Crippen molar-refractivity contribution in [1.82, 2.24) is 10.3 Å². The van der Waals surface area contributed by atoms with Crippen LogP contribution in [0.3, 0.4) is 0 Å². The van der Waals surface area contributed by atoms with E-state index in [0.717, 1.165) is 18.8 Å². The van der Waals surface area contributed by atoms with Crippen LogP contribution in [-0.2, 0) is 6.42 Å². The molecule has 3 nitrogen and oxygen atoms in total. The Balaban J connectivity index is 0.00000144. The molecule has 0 saturated carbocycles. The minimum Gasteiger partial charge on any atom is -0.316 e. The second-order valence-electron chi connectivity index (χ2n) is 4.23. The van der Waals surface area contributed by atoms with Crippen molar-refractivity contribution in [3.8, 4) is 6.07 Å². The molecule has 2 rings (SSSR count). The van der Waals surface area contributed by atoms with Gasteiger partial charge in [-0.3, -0.25) is 4.98 Å². The Hall–Kier alpha value is -1.18. The number of pyridine rings is 1. The van der Waals surface area contributed by atoms with Crippen LogP contribution in [0.25, 0.3) is 0 Å². The lowest BCUT2D eigenvalue weighted by Gasteiger charge is -2.29. The molecule has 1 aromatic heterocycles. The molecule has 1 N–H and O–H groups in total. The zero-order valence-corrected chi connectivity index (χ0v) is 10.3. The largest absolute Gasteiger partial charge is 0.316 e. The third-order valence-electron chi connectivity index (χ3n) is 2.95. The summed E-state index contributed by atoms with van der Waals surface area (Å²) in [4.78, 5) is 4.11. The smallest absolute Gasteiger partial charge is 0.119 e. The maximum absolute atomic E-state index is 14.3. The van der Waals surface area contributed by atoms with Gasteiger partial charge in [0.25, 0.3) is 0 Å². The fourth-order valence-electron chi connectivity index (χ4n) is 1.97. The van der Waals surface area contributed by atoms with Crippen molar-refractivity contribution in [2.75, 3.05) is 13.1 Å². The van der Waals surface area contributed by atoms with E-state index in [1.54, 1.807) is 12.1 Å². The van der Waals surface area contributed by atoms with Gasteiger partial charge in [0.2, 0.25) is 0 Å². The summed E-state index contributed by atoms with van der Waals surface area (Å²) in [5.41, 5.74) is 0.109. The zero-order chi connectivity index (χ0) is 11.4. The van der Waals surface area contributed by atoms with E-state index in [1.165, 1.54) is 6.20 Å². The van der Waals surface area contributed by atoms with Crippen LogP contribution in [0, 0.1) is 11.3 Å². The highest BCUT2D eigenvalue weighted by atomic mass is 35.5. The molecule has 1 saturated heterocycles. The lowest BCUT2D eigenvalue weighted by Crippen LogP contribution is -2.40. The third kappa shape index (κ3) is 3.65. The van der Waals surface area contributed by atoms with Gasteiger partial charge in [-0.1, -0.05) is 0 Å². The summed E-state index contributed by atoms with van der Waals surface area (Å²) in [5.74, 6) is 0. The van der Waals surface area contributed by atoms with Crippen molar-refractivity contribution in [2.45, 2.75) is 24.9 Å². The quantitative estimate of drug-likeness (QED) is 0.880. The van der Waals surface area contributed by atoms with Gasteiger partial charge in [-0.2, -0.15) is 5.26 Å². The Morgan fingerprint density at radius 3 is 2.65 bits per heavy atom. The molecular formula is C12H15ClFN3. The maximum Gasteiger partial charge on any atom is 0.119 e. The monoisotopic (exact) mass is 255 g/mol. The van der Waals surface area contributed by atoms with E-state index in [9.17, 15) is 4.39 Å². The summed E-state index contributed by atoms with van der Waals surface area (Å²) < 4.78 is 14.3. The van der Waals surface area contributed by atoms with Crippen LogP contribution in [-0.4, -0.2) is 23.7 Å². The minimum absolute atomic E-state index is 0. The minimum atomic E-state index is -1.13. The lowest BCUT2D eigenvalue weighted by molar-refractivity contribution is 0.115. The number of rotatable bonds is 2. The summed E-state index contributed by atoms with van der Waals surface area (Å²) in [6.45, 7) is 1.46. The van der Waals surface area contributed by atoms with Crippen LogP contribution >= 0.6 is 12.4 Å². The number of nitrogens with zero attached hydrogens (tertiary/aromatic N) is 2. The first-order chi connectivity index (χ1) is 7.72. The van der Waals surface area contributed by atoms with Gasteiger partial charge < -0.3 is 5.32 Å². The summed E-state index contributed by atoms with van der Waals surface area (Å²) in [6, 6.07) is 5.43. The second kappa shape index (κ2) is 5.95. The predicted octanol–water partition coefficient (Wildman–Crippen LogP) is 2.01. The summed E-state index contributed by atoms with van der Waals surface area (Å²) in [6.07, 6.45) is 2.92. The summed E-state index contributed by atoms with van der Waals surface area (Å²) in [5, 5.41) is 11.8. The van der Waals surface area contributed by atoms with Gasteiger partial charge in [-0.05, 0) is 38.1 Å². The van der Waals surface area contributed by atoms with Crippen LogP contribution in [0.5, 0.6) is 0 Å². The molecule has 0 atom stereocenters. The molecule has 0 spiro atoms. The first-order valence-corrected chi connectivity index (χ1v) is 5.47. The molecule has 1 aliphatic rings. The van der Waals surface area contributed by atoms with E-state index in [0.29, 0.717) is 24.8 Å². The van der Waals surface area contributed by atoms with Gasteiger partial charge in [0.1, 0.15) is 11.7 Å². The van der Waals surface area contributed by atoms with E-state index < -0.39 is 5.67 Å². The number of halogens is 2. The Morgan fingerprint density at radius 2 is 2.12 bits per heavy atom. The van der Waals surface area contributed by atoms with E-state index in [-0.39, 0.29) is 12.4 Å². The molecule has 0 amide bonds. The molecule has 0 radical (unpaired) electrons. The average Bonchev–Trinajstić information content (AvgIpc) is 2.30. The Kier molecular flexibility index (Phi) is 4.86. The van der Waals surface area contributed by atoms with E-state index >= 15 is 0 Å². The van der Waals surface area contributed by atoms with Gasteiger partial charge in [-0.25, -0.2) is 4.39 Å². The van der Waals surface area contributed by atoms with Crippen LogP contribution < -0.4 is 5.32 Å². The molecule has 0 bridgehead atoms. The molecule has 1 aromatic rings. The molecule has 1 aliphatic heterocycles. The highest BCUT2D eigenvalue weighted by molar-refractivity contribution is 5.85. The van der Waals surface area contributed by atoms with Crippen molar-refractivity contribution in [3.63, 3.8) is 0 Å². The number of alkyl halides is 1.